The van der Waals surface area contributed by atoms with E-state index in [1.807, 2.05) is 21.3 Å². The van der Waals surface area contributed by atoms with Crippen LogP contribution >= 0.6 is 0 Å². The van der Waals surface area contributed by atoms with E-state index < -0.39 is 0 Å². The van der Waals surface area contributed by atoms with Crippen LogP contribution in [0.25, 0.3) is 0 Å². The van der Waals surface area contributed by atoms with Crippen molar-refractivity contribution in [2.45, 2.75) is 0 Å². The fourth-order valence-electron chi connectivity index (χ4n) is 0. The Kier molecular flexibility index (Phi) is 8.05. The van der Waals surface area contributed by atoms with E-state index in [9.17, 15) is 0 Å². The average molecular weight is 141 g/mol. The number of halogens is 1. The molecule has 0 aliphatic heterocycles. The summed E-state index contributed by atoms with van der Waals surface area (Å²) in [5, 5.41) is 0. The van der Waals surface area contributed by atoms with E-state index in [4.69, 9.17) is 0 Å². The van der Waals surface area contributed by atoms with Gasteiger partial charge in [0.25, 0.3) is 0 Å². The van der Waals surface area contributed by atoms with Gasteiger partial charge in [-0.2, -0.15) is 0 Å². The van der Waals surface area contributed by atoms with Crippen molar-refractivity contribution in [3.63, 3.8) is 0 Å². The quantitative estimate of drug-likeness (QED) is 0.326. The molecule has 0 heterocycles. The molecule has 0 aromatic rings. The maximum absolute atomic E-state index is 2.58. The molecule has 0 aromatic carbocycles. The van der Waals surface area contributed by atoms with E-state index in [1.54, 1.807) is 0 Å². The topological polar surface area (TPSA) is 2.70 Å². The molecular weight excluding hydrogens is 132 g/mol. The lowest BCUT2D eigenvalue weighted by atomic mass is 11.4. The molecule has 34 valence electrons. The van der Waals surface area contributed by atoms with Crippen LogP contribution in [0, 0.1) is 0 Å². The Morgan fingerprint density at radius 2 is 1.00 bits per heavy atom. The minimum absolute atomic E-state index is 0. The van der Waals surface area contributed by atoms with Crippen molar-refractivity contribution in [1.29, 1.82) is 0 Å². The second-order valence-corrected chi connectivity index (χ2v) is 1.22. The van der Waals surface area contributed by atoms with Gasteiger partial charge in [-0.15, -0.1) is 0 Å². The first-order valence-corrected chi connectivity index (χ1v) is 1.22. The molecule has 0 fully saturated rings. The van der Waals surface area contributed by atoms with E-state index in [-0.39, 0.29) is 17.0 Å². The van der Waals surface area contributed by atoms with E-state index >= 15 is 0 Å². The van der Waals surface area contributed by atoms with Crippen LogP contribution in [0.5, 0.6) is 0 Å². The molecule has 0 saturated heterocycles. The molecule has 0 amide bonds. The Morgan fingerprint density at radius 1 is 1.00 bits per heavy atom. The molecule has 0 radical (unpaired) electrons. The number of rotatable bonds is 0. The molecule has 0 aliphatic rings. The first-order chi connectivity index (χ1) is 1.73. The second kappa shape index (κ2) is 4.44. The van der Waals surface area contributed by atoms with Crippen molar-refractivity contribution in [2.75, 3.05) is 21.3 Å². The molecule has 0 unspecified atom stereocenters. The highest BCUT2D eigenvalue weighted by molar-refractivity contribution is 3.84. The Morgan fingerprint density at radius 3 is 1.00 bits per heavy atom. The molecule has 0 aromatic heterocycles. The molecule has 5 heavy (non-hydrogen) atoms. The lowest BCUT2D eigenvalue weighted by molar-refractivity contribution is -0.00282. The highest BCUT2D eigenvalue weighted by Crippen LogP contribution is 1.60. The third kappa shape index (κ3) is 137. The lowest BCUT2D eigenvalue weighted by Gasteiger charge is -1.90. The van der Waals surface area contributed by atoms with Crippen LogP contribution in [-0.2, 0) is 4.37 Å². The summed E-state index contributed by atoms with van der Waals surface area (Å²) in [6, 6.07) is 0. The van der Waals surface area contributed by atoms with Crippen molar-refractivity contribution in [3.05, 3.63) is 0 Å². The van der Waals surface area contributed by atoms with E-state index in [0.717, 1.165) is 0 Å². The third-order valence-corrected chi connectivity index (χ3v) is 0. The Bertz CT molecular complexity index is 11.6. The summed E-state index contributed by atoms with van der Waals surface area (Å²) >= 11 is 0. The summed E-state index contributed by atoms with van der Waals surface area (Å²) in [6.45, 7) is 0. The normalized spacial score (nSPS) is 7.20. The summed E-state index contributed by atoms with van der Waals surface area (Å²) in [7, 11) is 5.75. The molecule has 0 N–H and O–H groups in total. The maximum Gasteiger partial charge on any atom is 0.135 e. The Labute approximate surface area is 43.4 Å². The van der Waals surface area contributed by atoms with Gasteiger partial charge >= 0.3 is 0 Å². The van der Waals surface area contributed by atoms with Gasteiger partial charge in [0.05, 0.1) is 0 Å². The van der Waals surface area contributed by atoms with Gasteiger partial charge in [0.2, 0.25) is 0 Å². The van der Waals surface area contributed by atoms with Crippen LogP contribution in [-0.4, -0.2) is 21.3 Å². The van der Waals surface area contributed by atoms with E-state index in [1.165, 1.54) is 0 Å². The molecule has 0 aliphatic carbocycles. The minimum Gasteiger partial charge on any atom is -1.00 e. The fraction of sp³-hybridized carbons (Fsp3) is 1.00. The van der Waals surface area contributed by atoms with Gasteiger partial charge in [-0.3, -0.25) is 0 Å². The van der Waals surface area contributed by atoms with Gasteiger partial charge in [0.15, 0.2) is 0 Å². The van der Waals surface area contributed by atoms with Crippen LogP contribution in [0.4, 0.5) is 0 Å². The largest absolute Gasteiger partial charge is 1.00 e. The fourth-order valence-corrected chi connectivity index (χ4v) is 0. The van der Waals surface area contributed by atoms with Gasteiger partial charge < -0.3 is 21.3 Å². The molecule has 2 heteroatoms. The zero-order chi connectivity index (χ0) is 3.58. The van der Waals surface area contributed by atoms with Crippen molar-refractivity contribution < 1.29 is 21.3 Å². The average Bonchev–Trinajstić information content (AvgIpc) is 0.811. The van der Waals surface area contributed by atoms with Crippen LogP contribution in [0.3, 0.4) is 0 Å². The van der Waals surface area contributed by atoms with Crippen molar-refractivity contribution in [2.24, 2.45) is 0 Å². The predicted molar refractivity (Wildman–Crippen MR) is 18.9 cm³/mol. The Hall–Kier alpha value is 0.440. The monoisotopic (exact) mass is 140 g/mol. The van der Waals surface area contributed by atoms with Gasteiger partial charge in [0.1, 0.15) is 21.3 Å². The molecule has 0 saturated carbocycles. The minimum atomic E-state index is 0. The van der Waals surface area contributed by atoms with Gasteiger partial charge in [-0.1, -0.05) is 0 Å². The SMILES string of the molecule is C[O+](C)C.[Br-]. The predicted octanol–water partition coefficient (Wildman–Crippen LogP) is -2.57. The summed E-state index contributed by atoms with van der Waals surface area (Å²) < 4.78 is 2.58. The smallest absolute Gasteiger partial charge is 0.135 e. The summed E-state index contributed by atoms with van der Waals surface area (Å²) in [6.07, 6.45) is 0. The summed E-state index contributed by atoms with van der Waals surface area (Å²) in [5.74, 6) is 0. The molecule has 0 spiro atoms. The third-order valence-electron chi connectivity index (χ3n) is 0. The van der Waals surface area contributed by atoms with E-state index in [2.05, 4.69) is 4.37 Å². The molecular formula is C3H9BrO. The van der Waals surface area contributed by atoms with E-state index in [0.29, 0.717) is 0 Å². The second-order valence-electron chi connectivity index (χ2n) is 1.22. The van der Waals surface area contributed by atoms with Gasteiger partial charge in [-0.25, -0.2) is 0 Å². The van der Waals surface area contributed by atoms with Gasteiger partial charge in [-0.05, 0) is 0 Å². The maximum atomic E-state index is 2.58. The molecule has 0 atom stereocenters. The van der Waals surface area contributed by atoms with Crippen molar-refractivity contribution >= 4 is 0 Å². The molecule has 0 rings (SSSR count). The van der Waals surface area contributed by atoms with Crippen LogP contribution in [0.1, 0.15) is 0 Å². The molecule has 0 bridgehead atoms. The zero-order valence-corrected chi connectivity index (χ0v) is 5.37. The highest BCUT2D eigenvalue weighted by atomic mass is 79.9. The van der Waals surface area contributed by atoms with Gasteiger partial charge in [0, 0.05) is 0 Å². The van der Waals surface area contributed by atoms with Crippen LogP contribution in [0.15, 0.2) is 0 Å². The Balaban J connectivity index is 0. The van der Waals surface area contributed by atoms with Crippen molar-refractivity contribution in [1.82, 2.24) is 0 Å². The summed E-state index contributed by atoms with van der Waals surface area (Å²) in [5.41, 5.74) is 0. The standard InChI is InChI=1S/C3H9O.BrH/c1-4(2)3;/h1-3H3;1H/q+1;/p-1. The zero-order valence-electron chi connectivity index (χ0n) is 3.79. The number of hydrogen-bond acceptors (Lipinski definition) is 0. The van der Waals surface area contributed by atoms with Crippen LogP contribution in [0.2, 0.25) is 0 Å². The molecule has 1 nitrogen and oxygen atoms in total. The first-order valence-electron chi connectivity index (χ1n) is 1.22. The lowest BCUT2D eigenvalue weighted by Crippen LogP contribution is -3.00. The first kappa shape index (κ1) is 9.06. The van der Waals surface area contributed by atoms with Crippen molar-refractivity contribution in [3.8, 4) is 0 Å². The summed E-state index contributed by atoms with van der Waals surface area (Å²) in [4.78, 5) is 0. The highest BCUT2D eigenvalue weighted by Gasteiger charge is 1.61. The van der Waals surface area contributed by atoms with Crippen LogP contribution < -0.4 is 17.0 Å². The number of hydrogen-bond donors (Lipinski definition) is 0.